The highest BCUT2D eigenvalue weighted by Gasteiger charge is 2.32. The second-order valence-corrected chi connectivity index (χ2v) is 7.09. The first kappa shape index (κ1) is 20.7. The van der Waals surface area contributed by atoms with Crippen molar-refractivity contribution >= 4 is 12.0 Å². The van der Waals surface area contributed by atoms with Gasteiger partial charge in [0.05, 0.1) is 35.0 Å². The van der Waals surface area contributed by atoms with Gasteiger partial charge in [-0.3, -0.25) is 0 Å². The van der Waals surface area contributed by atoms with Gasteiger partial charge < -0.3 is 33.2 Å². The van der Waals surface area contributed by atoms with Gasteiger partial charge >= 0.3 is 5.97 Å². The monoisotopic (exact) mass is 428 g/mol. The molecule has 0 saturated carbocycles. The second kappa shape index (κ2) is 8.67. The van der Waals surface area contributed by atoms with Crippen molar-refractivity contribution in [2.75, 3.05) is 41.8 Å². The Morgan fingerprint density at radius 1 is 0.903 bits per heavy atom. The van der Waals surface area contributed by atoms with Crippen LogP contribution in [0, 0.1) is 5.92 Å². The van der Waals surface area contributed by atoms with Crippen LogP contribution < -0.4 is 28.4 Å². The average molecular weight is 428 g/mol. The Morgan fingerprint density at radius 2 is 1.61 bits per heavy atom. The van der Waals surface area contributed by atoms with Gasteiger partial charge in [0.1, 0.15) is 0 Å². The number of cyclic esters (lactones) is 1. The van der Waals surface area contributed by atoms with Crippen LogP contribution in [0.3, 0.4) is 0 Å². The predicted octanol–water partition coefficient (Wildman–Crippen LogP) is 3.25. The normalized spacial score (nSPS) is 18.1. The van der Waals surface area contributed by atoms with Crippen molar-refractivity contribution in [1.82, 2.24) is 0 Å². The van der Waals surface area contributed by atoms with E-state index in [4.69, 9.17) is 33.2 Å². The Morgan fingerprint density at radius 3 is 2.26 bits per heavy atom. The Kier molecular flexibility index (Phi) is 5.79. The van der Waals surface area contributed by atoms with Gasteiger partial charge in [-0.15, -0.1) is 0 Å². The summed E-state index contributed by atoms with van der Waals surface area (Å²) < 4.78 is 37.9. The van der Waals surface area contributed by atoms with E-state index in [1.54, 1.807) is 46.6 Å². The summed E-state index contributed by atoms with van der Waals surface area (Å²) in [5, 5.41) is 0. The molecule has 0 unspecified atom stereocenters. The molecule has 0 amide bonds. The highest BCUT2D eigenvalue weighted by atomic mass is 16.7. The molecular weight excluding hydrogens is 404 g/mol. The standard InChI is InChI=1S/C23H24O8/c1-25-17-8-14(9-18(26-2)21(17)28-4)6-16-15(11-29-23(16)24)5-13-7-19(27-3)22-20(10-13)30-12-31-22/h6-10,15H,5,11-12H2,1-4H3/t15-/m0/s1. The number of carbonyl (C=O) groups is 1. The summed E-state index contributed by atoms with van der Waals surface area (Å²) in [5.41, 5.74) is 2.28. The lowest BCUT2D eigenvalue weighted by molar-refractivity contribution is -0.135. The van der Waals surface area contributed by atoms with E-state index in [0.717, 1.165) is 11.1 Å². The summed E-state index contributed by atoms with van der Waals surface area (Å²) in [6, 6.07) is 7.39. The molecule has 0 aromatic heterocycles. The fourth-order valence-electron chi connectivity index (χ4n) is 3.81. The smallest absolute Gasteiger partial charge is 0.334 e. The number of methoxy groups -OCH3 is 4. The lowest BCUT2D eigenvalue weighted by atomic mass is 9.92. The summed E-state index contributed by atoms with van der Waals surface area (Å²) in [5.74, 6) is 2.88. The molecule has 1 fully saturated rings. The molecule has 1 saturated heterocycles. The molecule has 0 N–H and O–H groups in total. The molecule has 164 valence electrons. The maximum Gasteiger partial charge on any atom is 0.334 e. The van der Waals surface area contributed by atoms with Crippen LogP contribution >= 0.6 is 0 Å². The maximum atomic E-state index is 12.5. The van der Waals surface area contributed by atoms with Crippen LogP contribution in [-0.4, -0.2) is 47.8 Å². The van der Waals surface area contributed by atoms with Crippen LogP contribution in [0.25, 0.3) is 6.08 Å². The minimum absolute atomic E-state index is 0.128. The van der Waals surface area contributed by atoms with Gasteiger partial charge in [-0.25, -0.2) is 4.79 Å². The lowest BCUT2D eigenvalue weighted by Crippen LogP contribution is -2.08. The highest BCUT2D eigenvalue weighted by Crippen LogP contribution is 2.43. The van der Waals surface area contributed by atoms with Gasteiger partial charge in [0.25, 0.3) is 0 Å². The fourth-order valence-corrected chi connectivity index (χ4v) is 3.81. The van der Waals surface area contributed by atoms with Crippen LogP contribution in [0.15, 0.2) is 29.8 Å². The van der Waals surface area contributed by atoms with Crippen LogP contribution in [-0.2, 0) is 16.0 Å². The molecule has 2 heterocycles. The molecule has 4 rings (SSSR count). The first-order chi connectivity index (χ1) is 15.1. The largest absolute Gasteiger partial charge is 0.493 e. The molecule has 0 bridgehead atoms. The van der Waals surface area contributed by atoms with Crippen LogP contribution in [0.2, 0.25) is 0 Å². The number of rotatable bonds is 7. The third-order valence-corrected chi connectivity index (χ3v) is 5.30. The molecular formula is C23H24O8. The average Bonchev–Trinajstić information content (AvgIpc) is 3.39. The van der Waals surface area contributed by atoms with Gasteiger partial charge in [-0.2, -0.15) is 0 Å². The van der Waals surface area contributed by atoms with E-state index in [1.165, 1.54) is 0 Å². The molecule has 8 nitrogen and oxygen atoms in total. The van der Waals surface area contributed by atoms with E-state index < -0.39 is 0 Å². The molecule has 1 atom stereocenters. The Labute approximate surface area is 180 Å². The first-order valence-electron chi connectivity index (χ1n) is 9.73. The van der Waals surface area contributed by atoms with E-state index in [-0.39, 0.29) is 18.7 Å². The Balaban J connectivity index is 1.66. The van der Waals surface area contributed by atoms with Crippen LogP contribution in [0.1, 0.15) is 11.1 Å². The number of benzene rings is 2. The lowest BCUT2D eigenvalue weighted by Gasteiger charge is -2.14. The van der Waals surface area contributed by atoms with Gasteiger partial charge in [0.2, 0.25) is 18.3 Å². The van der Waals surface area contributed by atoms with E-state index in [1.807, 2.05) is 12.1 Å². The number of esters is 1. The Bertz CT molecular complexity index is 1000. The molecule has 31 heavy (non-hydrogen) atoms. The van der Waals surface area contributed by atoms with Crippen molar-refractivity contribution < 1.29 is 38.0 Å². The highest BCUT2D eigenvalue weighted by molar-refractivity contribution is 5.96. The van der Waals surface area contributed by atoms with Crippen molar-refractivity contribution in [2.24, 2.45) is 5.92 Å². The van der Waals surface area contributed by atoms with Gasteiger partial charge in [-0.1, -0.05) is 0 Å². The first-order valence-corrected chi connectivity index (χ1v) is 9.73. The van der Waals surface area contributed by atoms with Crippen molar-refractivity contribution in [3.63, 3.8) is 0 Å². The number of hydrogen-bond donors (Lipinski definition) is 0. The van der Waals surface area contributed by atoms with Crippen LogP contribution in [0.5, 0.6) is 34.5 Å². The molecule has 0 aliphatic carbocycles. The topological polar surface area (TPSA) is 81.7 Å². The second-order valence-electron chi connectivity index (χ2n) is 7.09. The van der Waals surface area contributed by atoms with Crippen LogP contribution in [0.4, 0.5) is 0 Å². The molecule has 8 heteroatoms. The zero-order chi connectivity index (χ0) is 22.0. The number of carbonyl (C=O) groups excluding carboxylic acids is 1. The van der Waals surface area contributed by atoms with E-state index >= 15 is 0 Å². The molecule has 0 spiro atoms. The minimum Gasteiger partial charge on any atom is -0.493 e. The molecule has 2 aromatic rings. The van der Waals surface area contributed by atoms with E-state index in [2.05, 4.69) is 0 Å². The molecule has 2 aliphatic rings. The third-order valence-electron chi connectivity index (χ3n) is 5.30. The summed E-state index contributed by atoms with van der Waals surface area (Å²) >= 11 is 0. The quantitative estimate of drug-likeness (QED) is 0.491. The molecule has 2 aliphatic heterocycles. The summed E-state index contributed by atoms with van der Waals surface area (Å²) in [7, 11) is 6.23. The zero-order valence-electron chi connectivity index (χ0n) is 17.9. The maximum absolute atomic E-state index is 12.5. The molecule has 2 aromatic carbocycles. The van der Waals surface area contributed by atoms with Gasteiger partial charge in [0, 0.05) is 11.5 Å². The fraction of sp³-hybridized carbons (Fsp3) is 0.348. The Hall–Kier alpha value is -3.55. The summed E-state index contributed by atoms with van der Waals surface area (Å²) in [4.78, 5) is 12.5. The van der Waals surface area contributed by atoms with E-state index in [9.17, 15) is 4.79 Å². The van der Waals surface area contributed by atoms with Crippen molar-refractivity contribution in [3.05, 3.63) is 41.0 Å². The minimum atomic E-state index is -0.341. The van der Waals surface area contributed by atoms with Gasteiger partial charge in [-0.05, 0) is 47.9 Å². The third kappa shape index (κ3) is 3.93. The van der Waals surface area contributed by atoms with Crippen molar-refractivity contribution in [3.8, 4) is 34.5 Å². The predicted molar refractivity (Wildman–Crippen MR) is 111 cm³/mol. The van der Waals surface area contributed by atoms with Crippen molar-refractivity contribution in [1.29, 1.82) is 0 Å². The number of hydrogen-bond acceptors (Lipinski definition) is 8. The number of fused-ring (bicyclic) bond motifs is 1. The zero-order valence-corrected chi connectivity index (χ0v) is 17.9. The van der Waals surface area contributed by atoms with Crippen molar-refractivity contribution in [2.45, 2.75) is 6.42 Å². The SMILES string of the molecule is COc1cc(C=C2C(=O)OC[C@@H]2Cc2cc(OC)c3c(c2)OCO3)cc(OC)c1OC. The summed E-state index contributed by atoms with van der Waals surface area (Å²) in [6.45, 7) is 0.457. The number of ether oxygens (including phenoxy) is 7. The van der Waals surface area contributed by atoms with E-state index in [0.29, 0.717) is 53.1 Å². The molecule has 0 radical (unpaired) electrons. The summed E-state index contributed by atoms with van der Waals surface area (Å²) in [6.07, 6.45) is 2.38. The van der Waals surface area contributed by atoms with Gasteiger partial charge in [0.15, 0.2) is 23.0 Å².